The van der Waals surface area contributed by atoms with Crippen molar-refractivity contribution in [2.45, 2.75) is 44.4 Å². The van der Waals surface area contributed by atoms with Gasteiger partial charge >= 0.3 is 12.1 Å². The number of carbonyl (C=O) groups is 3. The van der Waals surface area contributed by atoms with E-state index in [2.05, 4.69) is 6.07 Å². The predicted molar refractivity (Wildman–Crippen MR) is 132 cm³/mol. The van der Waals surface area contributed by atoms with E-state index in [9.17, 15) is 19.6 Å². The lowest BCUT2D eigenvalue weighted by Gasteiger charge is -2.34. The fraction of sp³-hybridized carbons (Fsp3) is 0.346. The summed E-state index contributed by atoms with van der Waals surface area (Å²) < 4.78 is 10.6. The highest BCUT2D eigenvalue weighted by Gasteiger charge is 2.71. The molecule has 186 valence electrons. The number of likely N-dealkylation sites (tertiary alicyclic amines) is 1. The fourth-order valence-electron chi connectivity index (χ4n) is 4.70. The number of halogens is 1. The van der Waals surface area contributed by atoms with Crippen molar-refractivity contribution < 1.29 is 23.9 Å². The van der Waals surface area contributed by atoms with E-state index < -0.39 is 41.1 Å². The summed E-state index contributed by atoms with van der Waals surface area (Å²) in [7, 11) is 1.17. The molecule has 0 saturated carbocycles. The van der Waals surface area contributed by atoms with Gasteiger partial charge in [0, 0.05) is 5.02 Å². The van der Waals surface area contributed by atoms with Gasteiger partial charge in [-0.05, 0) is 50.6 Å². The van der Waals surface area contributed by atoms with Crippen LogP contribution < -0.4 is 5.01 Å². The smallest absolute Gasteiger partial charge is 0.417 e. The van der Waals surface area contributed by atoms with Gasteiger partial charge in [-0.15, -0.1) is 0 Å². The minimum absolute atomic E-state index is 0.348. The number of fused-ring (bicyclic) bond motifs is 1. The number of nitrogens with zero attached hydrogens (tertiary/aromatic N) is 4. The highest BCUT2D eigenvalue weighted by atomic mass is 35.5. The topological polar surface area (TPSA) is 112 Å². The molecule has 1 fully saturated rings. The summed E-state index contributed by atoms with van der Waals surface area (Å²) in [5.41, 5.74) is -1.19. The predicted octanol–water partition coefficient (Wildman–Crippen LogP) is 4.15. The molecule has 0 radical (unpaired) electrons. The maximum Gasteiger partial charge on any atom is 0.417 e. The number of esters is 1. The average molecular weight is 509 g/mol. The molecule has 2 aliphatic rings. The van der Waals surface area contributed by atoms with E-state index in [0.29, 0.717) is 22.0 Å². The molecule has 3 atom stereocenters. The molecule has 36 heavy (non-hydrogen) atoms. The molecule has 0 aromatic heterocycles. The third-order valence-corrected chi connectivity index (χ3v) is 6.35. The van der Waals surface area contributed by atoms with Crippen molar-refractivity contribution in [3.8, 4) is 6.07 Å². The van der Waals surface area contributed by atoms with Crippen LogP contribution in [-0.2, 0) is 19.1 Å². The van der Waals surface area contributed by atoms with Gasteiger partial charge in [-0.2, -0.15) is 10.4 Å². The minimum atomic E-state index is -1.69. The number of nitriles is 1. The Morgan fingerprint density at radius 3 is 2.33 bits per heavy atom. The molecule has 0 unspecified atom stereocenters. The van der Waals surface area contributed by atoms with Crippen molar-refractivity contribution in [2.75, 3.05) is 12.1 Å². The summed E-state index contributed by atoms with van der Waals surface area (Å²) >= 11 is 6.09. The zero-order chi connectivity index (χ0) is 26.3. The first-order valence-corrected chi connectivity index (χ1v) is 11.6. The summed E-state index contributed by atoms with van der Waals surface area (Å²) in [6.07, 6.45) is -1.35. The largest absolute Gasteiger partial charge is 0.467 e. The van der Waals surface area contributed by atoms with Crippen LogP contribution in [0.2, 0.25) is 5.02 Å². The van der Waals surface area contributed by atoms with E-state index in [0.717, 1.165) is 4.90 Å². The van der Waals surface area contributed by atoms with Gasteiger partial charge in [-0.1, -0.05) is 41.9 Å². The first-order valence-electron chi connectivity index (χ1n) is 11.3. The molecule has 0 bridgehead atoms. The maximum atomic E-state index is 14.2. The summed E-state index contributed by atoms with van der Waals surface area (Å²) in [5, 5.41) is 16.6. The second kappa shape index (κ2) is 9.28. The van der Waals surface area contributed by atoms with Gasteiger partial charge in [0.2, 0.25) is 0 Å². The Balaban J connectivity index is 1.99. The molecule has 1 saturated heterocycles. The number of carbonyl (C=O) groups excluding carboxylic acids is 3. The maximum absolute atomic E-state index is 14.2. The molecule has 2 heterocycles. The summed E-state index contributed by atoms with van der Waals surface area (Å²) in [4.78, 5) is 41.5. The molecule has 2 amide bonds. The van der Waals surface area contributed by atoms with Crippen molar-refractivity contribution in [1.29, 1.82) is 5.26 Å². The number of imide groups is 1. The normalized spacial score (nSPS) is 23.1. The standard InChI is InChI=1S/C26H25ClN4O5/c1-25(2,3)36-24(34)30-21(22(32)35-4)19-20(16-10-12-17(27)13-11-16)29-31(18-8-6-5-7-9-18)26(19,14-15-28)23(30)33/h5-13,19,21H,14H2,1-4H3/t19-,21+,26-/m1/s1. The van der Waals surface area contributed by atoms with Crippen molar-refractivity contribution in [1.82, 2.24) is 4.90 Å². The number of rotatable bonds is 4. The third-order valence-electron chi connectivity index (χ3n) is 6.10. The zero-order valence-corrected chi connectivity index (χ0v) is 21.0. The van der Waals surface area contributed by atoms with Crippen LogP contribution >= 0.6 is 11.6 Å². The number of para-hydroxylation sites is 1. The Morgan fingerprint density at radius 1 is 1.14 bits per heavy atom. The molecule has 2 aliphatic heterocycles. The molecule has 0 aliphatic carbocycles. The molecule has 4 rings (SSSR count). The molecule has 0 spiro atoms. The van der Waals surface area contributed by atoms with Crippen LogP contribution in [0.25, 0.3) is 0 Å². The van der Waals surface area contributed by atoms with Gasteiger partial charge in [-0.3, -0.25) is 4.79 Å². The monoisotopic (exact) mass is 508 g/mol. The number of hydrazone groups is 1. The first-order chi connectivity index (χ1) is 17.0. The van der Waals surface area contributed by atoms with Crippen LogP contribution in [0.4, 0.5) is 10.5 Å². The minimum Gasteiger partial charge on any atom is -0.467 e. The Kier molecular flexibility index (Phi) is 6.50. The van der Waals surface area contributed by atoms with E-state index >= 15 is 0 Å². The lowest BCUT2D eigenvalue weighted by Crippen LogP contribution is -2.54. The van der Waals surface area contributed by atoms with Crippen LogP contribution in [0.5, 0.6) is 0 Å². The summed E-state index contributed by atoms with van der Waals surface area (Å²) in [5.74, 6) is -2.61. The van der Waals surface area contributed by atoms with Gasteiger partial charge in [0.25, 0.3) is 5.91 Å². The number of anilines is 1. The molecular weight excluding hydrogens is 484 g/mol. The highest BCUT2D eigenvalue weighted by molar-refractivity contribution is 6.30. The van der Waals surface area contributed by atoms with Gasteiger partial charge in [0.1, 0.15) is 5.60 Å². The van der Waals surface area contributed by atoms with Crippen LogP contribution in [0.1, 0.15) is 32.8 Å². The molecule has 2 aromatic carbocycles. The third kappa shape index (κ3) is 4.07. The second-order valence-corrected chi connectivity index (χ2v) is 9.94. The Morgan fingerprint density at radius 2 is 1.78 bits per heavy atom. The number of hydrogen-bond acceptors (Lipinski definition) is 8. The van der Waals surface area contributed by atoms with Crippen LogP contribution in [0.3, 0.4) is 0 Å². The number of amides is 2. The first kappa shape index (κ1) is 25.2. The van der Waals surface area contributed by atoms with E-state index in [-0.39, 0.29) is 6.42 Å². The zero-order valence-electron chi connectivity index (χ0n) is 20.3. The second-order valence-electron chi connectivity index (χ2n) is 9.50. The number of ether oxygens (including phenoxy) is 2. The van der Waals surface area contributed by atoms with Crippen LogP contribution in [-0.4, -0.2) is 52.9 Å². The van der Waals surface area contributed by atoms with Gasteiger partial charge < -0.3 is 9.47 Å². The molecule has 10 heteroatoms. The Labute approximate surface area is 213 Å². The van der Waals surface area contributed by atoms with Crippen LogP contribution in [0, 0.1) is 17.2 Å². The van der Waals surface area contributed by atoms with E-state index in [1.807, 2.05) is 0 Å². The molecule has 0 N–H and O–H groups in total. The van der Waals surface area contributed by atoms with Crippen molar-refractivity contribution in [2.24, 2.45) is 11.0 Å². The number of methoxy groups -OCH3 is 1. The lowest BCUT2D eigenvalue weighted by atomic mass is 9.76. The number of benzene rings is 2. The van der Waals surface area contributed by atoms with E-state index in [1.165, 1.54) is 12.1 Å². The Hall–Kier alpha value is -3.90. The van der Waals surface area contributed by atoms with Crippen molar-refractivity contribution in [3.63, 3.8) is 0 Å². The summed E-state index contributed by atoms with van der Waals surface area (Å²) in [6, 6.07) is 16.2. The Bertz CT molecular complexity index is 1270. The van der Waals surface area contributed by atoms with Crippen molar-refractivity contribution >= 4 is 41.0 Å². The van der Waals surface area contributed by atoms with Gasteiger partial charge in [0.05, 0.1) is 36.9 Å². The van der Waals surface area contributed by atoms with E-state index in [4.69, 9.17) is 26.2 Å². The molecule has 2 aromatic rings. The van der Waals surface area contributed by atoms with Crippen LogP contribution in [0.15, 0.2) is 59.7 Å². The quantitative estimate of drug-likeness (QED) is 0.570. The summed E-state index contributed by atoms with van der Waals surface area (Å²) in [6.45, 7) is 4.96. The highest BCUT2D eigenvalue weighted by Crippen LogP contribution is 2.50. The SMILES string of the molecule is COC(=O)[C@@H]1[C@H]2C(c3ccc(Cl)cc3)=NN(c3ccccc3)[C@@]2(CC#N)C(=O)N1C(=O)OC(C)(C)C. The lowest BCUT2D eigenvalue weighted by molar-refractivity contribution is -0.149. The fourth-order valence-corrected chi connectivity index (χ4v) is 4.83. The molecular formula is C26H25ClN4O5. The number of hydrogen-bond donors (Lipinski definition) is 0. The average Bonchev–Trinajstić information content (AvgIpc) is 3.29. The van der Waals surface area contributed by atoms with Gasteiger partial charge in [0.15, 0.2) is 11.6 Å². The molecule has 9 nitrogen and oxygen atoms in total. The van der Waals surface area contributed by atoms with Gasteiger partial charge in [-0.25, -0.2) is 19.5 Å². The van der Waals surface area contributed by atoms with E-state index in [1.54, 1.807) is 75.4 Å². The van der Waals surface area contributed by atoms with Crippen molar-refractivity contribution in [3.05, 3.63) is 65.2 Å².